The second-order valence-electron chi connectivity index (χ2n) is 7.09. The Labute approximate surface area is 170 Å². The number of nitrogens with zero attached hydrogens (tertiary/aromatic N) is 2. The first-order valence-electron chi connectivity index (χ1n) is 10.2. The molecule has 8 heteroatoms. The molecular formula is C21H29FN4O3. The molecule has 1 aromatic carbocycles. The van der Waals surface area contributed by atoms with E-state index in [2.05, 4.69) is 15.6 Å². The van der Waals surface area contributed by atoms with Gasteiger partial charge < -0.3 is 24.7 Å². The summed E-state index contributed by atoms with van der Waals surface area (Å²) >= 11 is 0. The van der Waals surface area contributed by atoms with Crippen LogP contribution in [0.15, 0.2) is 27.6 Å². The van der Waals surface area contributed by atoms with E-state index in [9.17, 15) is 9.18 Å². The van der Waals surface area contributed by atoms with E-state index in [0.29, 0.717) is 37.8 Å². The maximum absolute atomic E-state index is 13.5. The van der Waals surface area contributed by atoms with Gasteiger partial charge in [-0.3, -0.25) is 0 Å². The number of fused-ring (bicyclic) bond motifs is 1. The van der Waals surface area contributed by atoms with Crippen molar-refractivity contribution in [3.63, 3.8) is 0 Å². The summed E-state index contributed by atoms with van der Waals surface area (Å²) in [6.07, 6.45) is 1.40. The van der Waals surface area contributed by atoms with Gasteiger partial charge in [-0.1, -0.05) is 0 Å². The molecule has 0 radical (unpaired) electrons. The first-order chi connectivity index (χ1) is 14.0. The lowest BCUT2D eigenvalue weighted by molar-refractivity contribution is 0.0963. The van der Waals surface area contributed by atoms with E-state index in [1.807, 2.05) is 20.8 Å². The topological polar surface area (TPSA) is 79.1 Å². The molecule has 1 amide bonds. The van der Waals surface area contributed by atoms with E-state index in [1.165, 1.54) is 12.1 Å². The van der Waals surface area contributed by atoms with Crippen molar-refractivity contribution < 1.29 is 18.3 Å². The number of piperidine rings is 1. The molecule has 0 bridgehead atoms. The Balaban J connectivity index is 1.62. The minimum atomic E-state index is -0.277. The maximum atomic E-state index is 13.5. The van der Waals surface area contributed by atoms with Gasteiger partial charge in [-0.15, -0.1) is 0 Å². The number of nitrogens with one attached hydrogen (secondary N) is 2. The number of aryl methyl sites for hydroxylation is 1. The second-order valence-corrected chi connectivity index (χ2v) is 7.09. The summed E-state index contributed by atoms with van der Waals surface area (Å²) < 4.78 is 24.4. The quantitative estimate of drug-likeness (QED) is 0.589. The number of likely N-dealkylation sites (tertiary alicyclic amines) is 1. The number of carbonyl (C=O) groups excluding carboxylic acids is 1. The van der Waals surface area contributed by atoms with Crippen LogP contribution >= 0.6 is 0 Å². The highest BCUT2D eigenvalue weighted by Crippen LogP contribution is 2.26. The largest absolute Gasteiger partial charge is 0.459 e. The first kappa shape index (κ1) is 21.0. The summed E-state index contributed by atoms with van der Waals surface area (Å²) in [5.74, 6) is 1.15. The molecule has 2 N–H and O–H groups in total. The Kier molecular flexibility index (Phi) is 6.95. The highest BCUT2D eigenvalue weighted by Gasteiger charge is 2.24. The number of benzene rings is 1. The molecule has 3 rings (SSSR count). The van der Waals surface area contributed by atoms with Crippen molar-refractivity contribution in [1.82, 2.24) is 15.5 Å². The summed E-state index contributed by atoms with van der Waals surface area (Å²) in [5.41, 5.74) is 1.57. The zero-order valence-electron chi connectivity index (χ0n) is 17.3. The summed E-state index contributed by atoms with van der Waals surface area (Å²) in [7, 11) is 0. The number of guanidine groups is 1. The van der Waals surface area contributed by atoms with Crippen LogP contribution in [0.5, 0.6) is 0 Å². The number of ether oxygens (including phenoxy) is 1. The van der Waals surface area contributed by atoms with Crippen molar-refractivity contribution in [3.8, 4) is 0 Å². The Morgan fingerprint density at radius 1 is 1.34 bits per heavy atom. The Bertz CT molecular complexity index is 872. The molecular weight excluding hydrogens is 375 g/mol. The Morgan fingerprint density at radius 2 is 2.10 bits per heavy atom. The minimum Gasteiger partial charge on any atom is -0.459 e. The first-order valence-corrected chi connectivity index (χ1v) is 10.2. The number of halogens is 1. The molecule has 1 aromatic heterocycles. The van der Waals surface area contributed by atoms with Gasteiger partial charge in [-0.2, -0.15) is 0 Å². The summed E-state index contributed by atoms with van der Waals surface area (Å²) in [4.78, 5) is 18.2. The third-order valence-electron chi connectivity index (χ3n) is 5.08. The standard InChI is InChI=1S/C21H29FN4O3/c1-4-23-20(25-16-8-10-26(11-9-16)21(27)28-5-2)24-13-19-14(3)17-12-15(22)6-7-18(17)29-19/h6-7,12,16H,4-5,8-11,13H2,1-3H3,(H2,23,24,25). The lowest BCUT2D eigenvalue weighted by atomic mass is 10.1. The molecule has 0 unspecified atom stereocenters. The fourth-order valence-corrected chi connectivity index (χ4v) is 3.48. The van der Waals surface area contributed by atoms with Gasteiger partial charge in [-0.05, 0) is 51.8 Å². The highest BCUT2D eigenvalue weighted by atomic mass is 19.1. The van der Waals surface area contributed by atoms with Crippen LogP contribution in [0.1, 0.15) is 38.0 Å². The van der Waals surface area contributed by atoms with E-state index in [4.69, 9.17) is 9.15 Å². The number of carbonyl (C=O) groups is 1. The summed E-state index contributed by atoms with van der Waals surface area (Å²) in [6, 6.07) is 4.75. The molecule has 1 fully saturated rings. The van der Waals surface area contributed by atoms with Crippen LogP contribution in [0.3, 0.4) is 0 Å². The monoisotopic (exact) mass is 404 g/mol. The minimum absolute atomic E-state index is 0.226. The molecule has 0 saturated carbocycles. The SMILES string of the molecule is CCNC(=NCc1oc2ccc(F)cc2c1C)NC1CCN(C(=O)OCC)CC1. The number of amides is 1. The maximum Gasteiger partial charge on any atom is 0.409 e. The second kappa shape index (κ2) is 9.62. The van der Waals surface area contributed by atoms with E-state index >= 15 is 0 Å². The predicted molar refractivity (Wildman–Crippen MR) is 110 cm³/mol. The normalized spacial score (nSPS) is 15.6. The molecule has 2 heterocycles. The Hall–Kier alpha value is -2.77. The third-order valence-corrected chi connectivity index (χ3v) is 5.08. The van der Waals surface area contributed by atoms with Crippen molar-refractivity contribution >= 4 is 23.0 Å². The molecule has 1 aliphatic heterocycles. The van der Waals surface area contributed by atoms with Gasteiger partial charge in [0.2, 0.25) is 0 Å². The van der Waals surface area contributed by atoms with Gasteiger partial charge in [0.05, 0.1) is 6.61 Å². The average molecular weight is 404 g/mol. The molecule has 1 aliphatic rings. The summed E-state index contributed by atoms with van der Waals surface area (Å²) in [6.45, 7) is 8.54. The van der Waals surface area contributed by atoms with Crippen LogP contribution < -0.4 is 10.6 Å². The molecule has 29 heavy (non-hydrogen) atoms. The van der Waals surface area contributed by atoms with E-state index in [1.54, 1.807) is 11.0 Å². The molecule has 0 atom stereocenters. The van der Waals surface area contributed by atoms with E-state index in [-0.39, 0.29) is 18.0 Å². The van der Waals surface area contributed by atoms with Crippen molar-refractivity contribution in [2.75, 3.05) is 26.2 Å². The van der Waals surface area contributed by atoms with Gasteiger partial charge in [0.15, 0.2) is 5.96 Å². The van der Waals surface area contributed by atoms with Crippen LogP contribution in [-0.4, -0.2) is 49.2 Å². The fourth-order valence-electron chi connectivity index (χ4n) is 3.48. The van der Waals surface area contributed by atoms with Gasteiger partial charge in [0, 0.05) is 36.6 Å². The van der Waals surface area contributed by atoms with E-state index in [0.717, 1.165) is 36.1 Å². The smallest absolute Gasteiger partial charge is 0.409 e. The van der Waals surface area contributed by atoms with Crippen molar-refractivity contribution in [1.29, 1.82) is 0 Å². The van der Waals surface area contributed by atoms with Gasteiger partial charge in [0.25, 0.3) is 0 Å². The number of hydrogen-bond donors (Lipinski definition) is 2. The summed E-state index contributed by atoms with van der Waals surface area (Å²) in [5, 5.41) is 7.47. The zero-order valence-corrected chi connectivity index (χ0v) is 17.3. The molecule has 0 aliphatic carbocycles. The Morgan fingerprint density at radius 3 is 2.79 bits per heavy atom. The molecule has 7 nitrogen and oxygen atoms in total. The van der Waals surface area contributed by atoms with E-state index < -0.39 is 0 Å². The van der Waals surface area contributed by atoms with Crippen LogP contribution in [0.4, 0.5) is 9.18 Å². The number of aliphatic imine (C=N–C) groups is 1. The van der Waals surface area contributed by atoms with Crippen molar-refractivity contribution in [2.45, 2.75) is 46.2 Å². The lowest BCUT2D eigenvalue weighted by Crippen LogP contribution is -2.49. The third kappa shape index (κ3) is 5.19. The predicted octanol–water partition coefficient (Wildman–Crippen LogP) is 3.56. The van der Waals surface area contributed by atoms with Crippen LogP contribution in [0.25, 0.3) is 11.0 Å². The number of rotatable bonds is 5. The molecule has 1 saturated heterocycles. The zero-order chi connectivity index (χ0) is 20.8. The lowest BCUT2D eigenvalue weighted by Gasteiger charge is -2.32. The van der Waals surface area contributed by atoms with Crippen molar-refractivity contribution in [3.05, 3.63) is 35.3 Å². The fraction of sp³-hybridized carbons (Fsp3) is 0.524. The average Bonchev–Trinajstić information content (AvgIpc) is 3.02. The van der Waals surface area contributed by atoms with Gasteiger partial charge in [-0.25, -0.2) is 14.2 Å². The molecule has 158 valence electrons. The number of furan rings is 1. The van der Waals surface area contributed by atoms with Crippen LogP contribution in [-0.2, 0) is 11.3 Å². The molecule has 2 aromatic rings. The van der Waals surface area contributed by atoms with Crippen molar-refractivity contribution in [2.24, 2.45) is 4.99 Å². The molecule has 0 spiro atoms. The van der Waals surface area contributed by atoms with Gasteiger partial charge >= 0.3 is 6.09 Å². The van der Waals surface area contributed by atoms with Crippen LogP contribution in [0, 0.1) is 12.7 Å². The number of hydrogen-bond acceptors (Lipinski definition) is 4. The highest BCUT2D eigenvalue weighted by molar-refractivity contribution is 5.83. The van der Waals surface area contributed by atoms with Crippen LogP contribution in [0.2, 0.25) is 0 Å². The van der Waals surface area contributed by atoms with Gasteiger partial charge in [0.1, 0.15) is 23.7 Å².